The number of amides is 1. The lowest BCUT2D eigenvalue weighted by Crippen LogP contribution is -2.42. The first kappa shape index (κ1) is 25.1. The van der Waals surface area contributed by atoms with Gasteiger partial charge in [-0.05, 0) is 69.4 Å². The summed E-state index contributed by atoms with van der Waals surface area (Å²) in [5, 5.41) is 9.12. The molecule has 8 heteroatoms. The van der Waals surface area contributed by atoms with Crippen LogP contribution in [0.1, 0.15) is 45.6 Å². The summed E-state index contributed by atoms with van der Waals surface area (Å²) in [4.78, 5) is 16.0. The van der Waals surface area contributed by atoms with Crippen LogP contribution in [0, 0.1) is 17.7 Å². The third kappa shape index (κ3) is 7.25. The van der Waals surface area contributed by atoms with Crippen LogP contribution in [0.25, 0.3) is 0 Å². The second-order valence-corrected chi connectivity index (χ2v) is 10.9. The number of likely N-dealkylation sites (tertiary alicyclic amines) is 1. The molecule has 2 heterocycles. The van der Waals surface area contributed by atoms with Gasteiger partial charge in [0.15, 0.2) is 11.6 Å². The first-order valence-electron chi connectivity index (χ1n) is 11.6. The molecule has 1 N–H and O–H groups in total. The molecule has 0 spiro atoms. The SMILES string of the molecule is CC(C)(C)OC(=O)N1CC2CCCC2C1.CSN1CCN(Cc2ccc(O)c(F)c2)CC1. The van der Waals surface area contributed by atoms with E-state index in [1.165, 1.54) is 31.4 Å². The summed E-state index contributed by atoms with van der Waals surface area (Å²) in [7, 11) is 0. The molecule has 2 aliphatic heterocycles. The molecule has 0 aromatic heterocycles. The Bertz CT molecular complexity index is 753. The summed E-state index contributed by atoms with van der Waals surface area (Å²) in [6.45, 7) is 12.4. The van der Waals surface area contributed by atoms with Gasteiger partial charge in [0.1, 0.15) is 5.60 Å². The Morgan fingerprint density at radius 2 is 1.78 bits per heavy atom. The van der Waals surface area contributed by atoms with E-state index in [-0.39, 0.29) is 17.4 Å². The average Bonchev–Trinajstić information content (AvgIpc) is 3.33. The Morgan fingerprint density at radius 1 is 1.16 bits per heavy atom. The number of nitrogens with zero attached hydrogens (tertiary/aromatic N) is 3. The third-order valence-electron chi connectivity index (χ3n) is 6.39. The minimum absolute atomic E-state index is 0.128. The predicted molar refractivity (Wildman–Crippen MR) is 127 cm³/mol. The van der Waals surface area contributed by atoms with Crippen LogP contribution in [0.3, 0.4) is 0 Å². The lowest BCUT2D eigenvalue weighted by Gasteiger charge is -2.33. The van der Waals surface area contributed by atoms with Crippen molar-refractivity contribution in [3.8, 4) is 5.75 Å². The van der Waals surface area contributed by atoms with E-state index in [1.54, 1.807) is 18.0 Å². The molecule has 0 radical (unpaired) electrons. The quantitative estimate of drug-likeness (QED) is 0.657. The highest BCUT2D eigenvalue weighted by molar-refractivity contribution is 7.96. The second kappa shape index (κ2) is 11.1. The van der Waals surface area contributed by atoms with Crippen molar-refractivity contribution in [1.82, 2.24) is 14.1 Å². The molecule has 180 valence electrons. The number of halogens is 1. The Morgan fingerprint density at radius 3 is 2.31 bits per heavy atom. The summed E-state index contributed by atoms with van der Waals surface area (Å²) in [6.07, 6.45) is 5.90. The van der Waals surface area contributed by atoms with E-state index >= 15 is 0 Å². The van der Waals surface area contributed by atoms with Crippen molar-refractivity contribution in [2.45, 2.75) is 52.2 Å². The molecule has 1 saturated carbocycles. The van der Waals surface area contributed by atoms with E-state index in [2.05, 4.69) is 15.5 Å². The fourth-order valence-corrected chi connectivity index (χ4v) is 5.22. The van der Waals surface area contributed by atoms with E-state index < -0.39 is 5.82 Å². The largest absolute Gasteiger partial charge is 0.505 e. The smallest absolute Gasteiger partial charge is 0.410 e. The first-order chi connectivity index (χ1) is 15.1. The number of aromatic hydroxyl groups is 1. The standard InChI is InChI=1S/C12H17FN2OS.C12H21NO2/c1-17-15-6-4-14(5-7-15)9-10-2-3-12(16)11(13)8-10;1-12(2,3)15-11(14)13-7-9-5-4-6-10(9)8-13/h2-3,8,16H,4-7,9H2,1H3;9-10H,4-8H2,1-3H3. The van der Waals surface area contributed by atoms with Crippen molar-refractivity contribution >= 4 is 18.0 Å². The van der Waals surface area contributed by atoms with E-state index in [4.69, 9.17) is 9.84 Å². The number of hydrogen-bond donors (Lipinski definition) is 1. The van der Waals surface area contributed by atoms with E-state index in [1.807, 2.05) is 25.7 Å². The van der Waals surface area contributed by atoms with Gasteiger partial charge in [0.05, 0.1) is 0 Å². The van der Waals surface area contributed by atoms with Crippen LogP contribution in [-0.2, 0) is 11.3 Å². The number of phenolic OH excluding ortho intramolecular Hbond substituents is 1. The van der Waals surface area contributed by atoms with Crippen molar-refractivity contribution in [3.05, 3.63) is 29.6 Å². The molecular weight excluding hydrogens is 429 g/mol. The van der Waals surface area contributed by atoms with Crippen LogP contribution >= 0.6 is 11.9 Å². The monoisotopic (exact) mass is 467 g/mol. The Labute approximate surface area is 196 Å². The van der Waals surface area contributed by atoms with Crippen LogP contribution in [-0.4, -0.2) is 76.4 Å². The topological polar surface area (TPSA) is 56.2 Å². The van der Waals surface area contributed by atoms with E-state index in [0.717, 1.165) is 63.2 Å². The van der Waals surface area contributed by atoms with E-state index in [9.17, 15) is 9.18 Å². The molecule has 3 aliphatic rings. The highest BCUT2D eigenvalue weighted by Crippen LogP contribution is 2.38. The van der Waals surface area contributed by atoms with Crippen molar-refractivity contribution in [3.63, 3.8) is 0 Å². The number of benzene rings is 1. The minimum atomic E-state index is -0.537. The molecule has 0 bridgehead atoms. The highest BCUT2D eigenvalue weighted by atomic mass is 32.2. The normalized spacial score (nSPS) is 24.1. The second-order valence-electron chi connectivity index (χ2n) is 10.0. The van der Waals surface area contributed by atoms with Gasteiger partial charge >= 0.3 is 6.09 Å². The highest BCUT2D eigenvalue weighted by Gasteiger charge is 2.39. The Hall–Kier alpha value is -1.51. The molecule has 4 rings (SSSR count). The van der Waals surface area contributed by atoms with Gasteiger partial charge in [-0.3, -0.25) is 4.90 Å². The maximum Gasteiger partial charge on any atom is 0.410 e. The zero-order chi connectivity index (χ0) is 23.3. The number of phenols is 1. The van der Waals surface area contributed by atoms with Crippen molar-refractivity contribution in [1.29, 1.82) is 0 Å². The number of hydrogen-bond acceptors (Lipinski definition) is 6. The van der Waals surface area contributed by atoms with Gasteiger partial charge in [-0.25, -0.2) is 13.5 Å². The van der Waals surface area contributed by atoms with Gasteiger partial charge in [0.25, 0.3) is 0 Å². The van der Waals surface area contributed by atoms with Crippen LogP contribution in [0.15, 0.2) is 18.2 Å². The molecule has 2 saturated heterocycles. The Balaban J connectivity index is 0.000000182. The van der Waals surface area contributed by atoms with Crippen LogP contribution < -0.4 is 0 Å². The summed E-state index contributed by atoms with van der Waals surface area (Å²) in [5.74, 6) is 0.682. The summed E-state index contributed by atoms with van der Waals surface area (Å²) < 4.78 is 20.9. The third-order valence-corrected chi connectivity index (χ3v) is 7.27. The number of ether oxygens (including phenoxy) is 1. The molecule has 1 aliphatic carbocycles. The summed E-state index contributed by atoms with van der Waals surface area (Å²) >= 11 is 1.77. The van der Waals surface area contributed by atoms with Crippen LogP contribution in [0.2, 0.25) is 0 Å². The van der Waals surface area contributed by atoms with Gasteiger partial charge in [0, 0.05) is 45.8 Å². The molecule has 32 heavy (non-hydrogen) atoms. The van der Waals surface area contributed by atoms with Gasteiger partial charge in [-0.1, -0.05) is 24.4 Å². The van der Waals surface area contributed by atoms with Gasteiger partial charge in [-0.15, -0.1) is 0 Å². The number of fused-ring (bicyclic) bond motifs is 1. The lowest BCUT2D eigenvalue weighted by molar-refractivity contribution is 0.0280. The van der Waals surface area contributed by atoms with E-state index in [0.29, 0.717) is 0 Å². The molecule has 1 amide bonds. The molecule has 3 fully saturated rings. The molecule has 6 nitrogen and oxygen atoms in total. The first-order valence-corrected chi connectivity index (χ1v) is 12.8. The molecule has 2 unspecified atom stereocenters. The lowest BCUT2D eigenvalue weighted by atomic mass is 10.0. The molecule has 2 atom stereocenters. The predicted octanol–water partition coefficient (Wildman–Crippen LogP) is 4.58. The van der Waals surface area contributed by atoms with Gasteiger partial charge in [-0.2, -0.15) is 0 Å². The van der Waals surface area contributed by atoms with Crippen LogP contribution in [0.4, 0.5) is 9.18 Å². The molecule has 1 aromatic carbocycles. The van der Waals surface area contributed by atoms with Crippen LogP contribution in [0.5, 0.6) is 5.75 Å². The fraction of sp³-hybridized carbons (Fsp3) is 0.708. The van der Waals surface area contributed by atoms with Gasteiger partial charge in [0.2, 0.25) is 0 Å². The van der Waals surface area contributed by atoms with Crippen molar-refractivity contribution < 1.29 is 19.0 Å². The number of rotatable bonds is 3. The van der Waals surface area contributed by atoms with Crippen molar-refractivity contribution in [2.24, 2.45) is 11.8 Å². The number of carbonyl (C=O) groups is 1. The van der Waals surface area contributed by atoms with Crippen molar-refractivity contribution in [2.75, 3.05) is 45.5 Å². The zero-order valence-electron chi connectivity index (χ0n) is 19.8. The fourth-order valence-electron chi connectivity index (χ4n) is 4.69. The Kier molecular flexibility index (Phi) is 8.69. The maximum absolute atomic E-state index is 13.2. The molecule has 1 aromatic rings. The number of carbonyl (C=O) groups excluding carboxylic acids is 1. The minimum Gasteiger partial charge on any atom is -0.505 e. The molecular formula is C24H38FN3O3S. The summed E-state index contributed by atoms with van der Waals surface area (Å²) in [5.41, 5.74) is 0.548. The summed E-state index contributed by atoms with van der Waals surface area (Å²) in [6, 6.07) is 4.61. The zero-order valence-corrected chi connectivity index (χ0v) is 20.7. The maximum atomic E-state index is 13.2. The number of piperazine rings is 1. The van der Waals surface area contributed by atoms with Gasteiger partial charge < -0.3 is 14.7 Å². The average molecular weight is 468 g/mol.